The lowest BCUT2D eigenvalue weighted by Gasteiger charge is -2.12. The summed E-state index contributed by atoms with van der Waals surface area (Å²) in [7, 11) is 3.13. The number of thiazole rings is 1. The van der Waals surface area contributed by atoms with Crippen LogP contribution >= 0.6 is 11.3 Å². The first-order chi connectivity index (χ1) is 11.2. The van der Waals surface area contributed by atoms with Crippen LogP contribution in [0.1, 0.15) is 26.3 Å². The lowest BCUT2D eigenvalue weighted by atomic mass is 9.91. The van der Waals surface area contributed by atoms with E-state index in [1.165, 1.54) is 17.4 Å². The third-order valence-corrected chi connectivity index (χ3v) is 4.35. The van der Waals surface area contributed by atoms with Gasteiger partial charge in [-0.05, 0) is 23.8 Å². The minimum Gasteiger partial charge on any atom is -0.493 e. The van der Waals surface area contributed by atoms with E-state index in [0.717, 1.165) is 5.56 Å². The molecule has 0 aliphatic carbocycles. The normalized spacial score (nSPS) is 13.2. The molecule has 0 atom stereocenters. The average Bonchev–Trinajstić information content (AvgIpc) is 2.85. The Labute approximate surface area is 144 Å². The van der Waals surface area contributed by atoms with Crippen LogP contribution in [0.2, 0.25) is 0 Å². The largest absolute Gasteiger partial charge is 0.493 e. The van der Waals surface area contributed by atoms with Gasteiger partial charge in [0.15, 0.2) is 17.3 Å². The first kappa shape index (κ1) is 18.0. The Morgan fingerprint density at radius 3 is 2.42 bits per heavy atom. The zero-order valence-electron chi connectivity index (χ0n) is 14.4. The van der Waals surface area contributed by atoms with Crippen molar-refractivity contribution < 1.29 is 14.3 Å². The maximum atomic E-state index is 12.1. The van der Waals surface area contributed by atoms with Gasteiger partial charge < -0.3 is 14.5 Å². The van der Waals surface area contributed by atoms with Crippen molar-refractivity contribution in [1.29, 1.82) is 0 Å². The number of carbonyl (C=O) groups excluding carboxylic acids is 1. The maximum Gasteiger partial charge on any atom is 0.266 e. The SMILES string of the molecule is COc1ccc(C=c2sc(=CC(=O)C(C)(C)C)[nH]c2=O)cc1OC. The number of carbonyl (C=O) groups is 1. The highest BCUT2D eigenvalue weighted by molar-refractivity contribution is 7.07. The third kappa shape index (κ3) is 4.14. The first-order valence-electron chi connectivity index (χ1n) is 7.43. The van der Waals surface area contributed by atoms with E-state index in [-0.39, 0.29) is 11.3 Å². The Hall–Kier alpha value is -2.34. The molecule has 5 nitrogen and oxygen atoms in total. The second-order valence-corrected chi connectivity index (χ2v) is 7.39. The van der Waals surface area contributed by atoms with Gasteiger partial charge in [0.2, 0.25) is 0 Å². The van der Waals surface area contributed by atoms with E-state index in [1.54, 1.807) is 32.4 Å². The van der Waals surface area contributed by atoms with Crippen LogP contribution in [0.5, 0.6) is 11.5 Å². The van der Waals surface area contributed by atoms with Crippen LogP contribution in [0.4, 0.5) is 0 Å². The van der Waals surface area contributed by atoms with Crippen molar-refractivity contribution in [3.63, 3.8) is 0 Å². The molecule has 128 valence electrons. The molecule has 1 aromatic heterocycles. The predicted molar refractivity (Wildman–Crippen MR) is 96.2 cm³/mol. The fraction of sp³-hybridized carbons (Fsp3) is 0.333. The summed E-state index contributed by atoms with van der Waals surface area (Å²) in [6.07, 6.45) is 3.24. The zero-order valence-corrected chi connectivity index (χ0v) is 15.2. The van der Waals surface area contributed by atoms with Gasteiger partial charge in [-0.3, -0.25) is 9.59 Å². The Balaban J connectivity index is 2.47. The molecule has 1 aromatic carbocycles. The Kier molecular flexibility index (Phi) is 5.29. The lowest BCUT2D eigenvalue weighted by Crippen LogP contribution is -2.22. The van der Waals surface area contributed by atoms with Crippen LogP contribution in [0.15, 0.2) is 23.0 Å². The monoisotopic (exact) mass is 347 g/mol. The highest BCUT2D eigenvalue weighted by Crippen LogP contribution is 2.27. The molecule has 1 heterocycles. The number of benzene rings is 1. The average molecular weight is 347 g/mol. The summed E-state index contributed by atoms with van der Waals surface area (Å²) in [6.45, 7) is 5.52. The van der Waals surface area contributed by atoms with Crippen LogP contribution in [-0.2, 0) is 4.79 Å². The third-order valence-electron chi connectivity index (χ3n) is 3.39. The molecule has 0 amide bonds. The number of H-pyrrole nitrogens is 1. The molecule has 0 aliphatic rings. The molecule has 6 heteroatoms. The fourth-order valence-corrected chi connectivity index (χ4v) is 2.84. The predicted octanol–water partition coefficient (Wildman–Crippen LogP) is 1.68. The highest BCUT2D eigenvalue weighted by atomic mass is 32.1. The van der Waals surface area contributed by atoms with Gasteiger partial charge in [-0.15, -0.1) is 11.3 Å². The molecule has 0 spiro atoms. The zero-order chi connectivity index (χ0) is 17.9. The number of rotatable bonds is 4. The topological polar surface area (TPSA) is 68.4 Å². The van der Waals surface area contributed by atoms with Crippen molar-refractivity contribution in [3.8, 4) is 11.5 Å². The molecule has 1 N–H and O–H groups in total. The Morgan fingerprint density at radius 2 is 1.83 bits per heavy atom. The van der Waals surface area contributed by atoms with Crippen molar-refractivity contribution in [2.75, 3.05) is 14.2 Å². The van der Waals surface area contributed by atoms with E-state index in [4.69, 9.17) is 9.47 Å². The number of Topliss-reactive ketones (excluding diaryl/α,β-unsaturated/α-hetero) is 1. The molecular formula is C18H21NO4S. The van der Waals surface area contributed by atoms with Gasteiger partial charge in [0.05, 0.1) is 23.4 Å². The molecule has 0 saturated heterocycles. The van der Waals surface area contributed by atoms with E-state index < -0.39 is 5.41 Å². The first-order valence-corrected chi connectivity index (χ1v) is 8.25. The van der Waals surface area contributed by atoms with Crippen molar-refractivity contribution in [2.24, 2.45) is 5.41 Å². The number of hydrogen-bond acceptors (Lipinski definition) is 5. The summed E-state index contributed by atoms with van der Waals surface area (Å²) in [5, 5.41) is 0. The smallest absolute Gasteiger partial charge is 0.266 e. The Morgan fingerprint density at radius 1 is 1.17 bits per heavy atom. The molecule has 0 radical (unpaired) electrons. The van der Waals surface area contributed by atoms with Gasteiger partial charge in [-0.1, -0.05) is 26.8 Å². The molecule has 24 heavy (non-hydrogen) atoms. The maximum absolute atomic E-state index is 12.1. The number of ketones is 1. The van der Waals surface area contributed by atoms with Crippen molar-refractivity contribution in [3.05, 3.63) is 43.3 Å². The number of aromatic amines is 1. The van der Waals surface area contributed by atoms with Crippen LogP contribution in [0, 0.1) is 5.41 Å². The van der Waals surface area contributed by atoms with Gasteiger partial charge in [0.25, 0.3) is 5.56 Å². The number of nitrogens with one attached hydrogen (secondary N) is 1. The molecule has 2 aromatic rings. The Bertz CT molecular complexity index is 916. The van der Waals surface area contributed by atoms with Crippen molar-refractivity contribution in [2.45, 2.75) is 20.8 Å². The molecule has 2 rings (SSSR count). The quantitative estimate of drug-likeness (QED) is 0.914. The van der Waals surface area contributed by atoms with Crippen molar-refractivity contribution in [1.82, 2.24) is 4.98 Å². The highest BCUT2D eigenvalue weighted by Gasteiger charge is 2.18. The number of ether oxygens (including phenoxy) is 2. The van der Waals surface area contributed by atoms with Gasteiger partial charge in [0, 0.05) is 11.5 Å². The summed E-state index contributed by atoms with van der Waals surface area (Å²) in [4.78, 5) is 26.9. The number of aromatic nitrogens is 1. The van der Waals surface area contributed by atoms with Gasteiger partial charge in [-0.2, -0.15) is 0 Å². The summed E-state index contributed by atoms with van der Waals surface area (Å²) < 4.78 is 11.5. The van der Waals surface area contributed by atoms with Crippen LogP contribution in [0.3, 0.4) is 0 Å². The minimum atomic E-state index is -0.478. The fourth-order valence-electron chi connectivity index (χ4n) is 1.95. The molecule has 0 unspecified atom stereocenters. The van der Waals surface area contributed by atoms with E-state index in [0.29, 0.717) is 20.7 Å². The van der Waals surface area contributed by atoms with Gasteiger partial charge in [0.1, 0.15) is 0 Å². The molecule has 0 saturated carbocycles. The molecule has 0 fully saturated rings. The van der Waals surface area contributed by atoms with E-state index in [1.807, 2.05) is 26.8 Å². The second kappa shape index (κ2) is 7.05. The molecular weight excluding hydrogens is 326 g/mol. The van der Waals surface area contributed by atoms with Crippen LogP contribution in [-0.4, -0.2) is 25.0 Å². The van der Waals surface area contributed by atoms with E-state index in [9.17, 15) is 9.59 Å². The molecule has 0 aliphatic heterocycles. The number of methoxy groups -OCH3 is 2. The summed E-state index contributed by atoms with van der Waals surface area (Å²) >= 11 is 1.25. The summed E-state index contributed by atoms with van der Waals surface area (Å²) in [5.74, 6) is 1.19. The second-order valence-electron chi connectivity index (χ2n) is 6.30. The minimum absolute atomic E-state index is 0.0299. The van der Waals surface area contributed by atoms with Gasteiger partial charge in [-0.25, -0.2) is 0 Å². The standard InChI is InChI=1S/C18H21NO4S/c1-18(2,3)15(20)10-16-19-17(21)14(24-16)9-11-6-7-12(22-4)13(8-11)23-5/h6-10H,1-5H3,(H,19,21). The van der Waals surface area contributed by atoms with E-state index >= 15 is 0 Å². The van der Waals surface area contributed by atoms with Crippen LogP contribution in [0.25, 0.3) is 12.2 Å². The lowest BCUT2D eigenvalue weighted by molar-refractivity contribution is -0.119. The summed E-state index contributed by atoms with van der Waals surface area (Å²) in [6, 6.07) is 5.41. The van der Waals surface area contributed by atoms with Gasteiger partial charge >= 0.3 is 0 Å². The summed E-state index contributed by atoms with van der Waals surface area (Å²) in [5.41, 5.74) is 0.116. The molecule has 0 bridgehead atoms. The van der Waals surface area contributed by atoms with E-state index in [2.05, 4.69) is 4.98 Å². The van der Waals surface area contributed by atoms with Crippen molar-refractivity contribution >= 4 is 29.3 Å². The number of hydrogen-bond donors (Lipinski definition) is 1. The van der Waals surface area contributed by atoms with Crippen LogP contribution < -0.4 is 24.2 Å².